The molecule has 0 heterocycles. The van der Waals surface area contributed by atoms with Crippen LogP contribution >= 0.6 is 0 Å². The van der Waals surface area contributed by atoms with Gasteiger partial charge in [-0.2, -0.15) is 0 Å². The third-order valence-electron chi connectivity index (χ3n) is 8.97. The number of hydrogen-bond donors (Lipinski definition) is 2. The fourth-order valence-electron chi connectivity index (χ4n) is 8.08. The zero-order chi connectivity index (χ0) is 23.1. The molecule has 6 heteroatoms. The number of fused-ring (bicyclic) bond motifs is 12. The number of carbonyl (C=O) groups excluding carboxylic acids is 2. The van der Waals surface area contributed by atoms with Gasteiger partial charge in [-0.05, 0) is 87.9 Å². The monoisotopic (exact) mass is 430 g/mol. The van der Waals surface area contributed by atoms with Crippen LogP contribution in [0, 0.1) is 46.3 Å². The van der Waals surface area contributed by atoms with Crippen LogP contribution in [0.4, 0.5) is 0 Å². The quantitative estimate of drug-likeness (QED) is 0.394. The molecule has 0 spiro atoms. The Labute approximate surface area is 183 Å². The number of aldehydes is 2. The molecule has 0 saturated heterocycles. The van der Waals surface area contributed by atoms with Gasteiger partial charge in [-0.3, -0.25) is 0 Å². The lowest BCUT2D eigenvalue weighted by molar-refractivity contribution is -0.150. The van der Waals surface area contributed by atoms with E-state index < -0.39 is 11.9 Å². The summed E-state index contributed by atoms with van der Waals surface area (Å²) in [5.74, 6) is 2.05. The lowest BCUT2D eigenvalue weighted by atomic mass is 9.49. The first-order valence-corrected chi connectivity index (χ1v) is 11.3. The molecule has 8 atom stereocenters. The van der Waals surface area contributed by atoms with E-state index in [0.29, 0.717) is 23.7 Å². The Kier molecular flexibility index (Phi) is 6.32. The summed E-state index contributed by atoms with van der Waals surface area (Å²) < 4.78 is 0. The van der Waals surface area contributed by atoms with E-state index in [0.717, 1.165) is 18.3 Å². The second-order valence-corrected chi connectivity index (χ2v) is 10.2. The summed E-state index contributed by atoms with van der Waals surface area (Å²) in [5, 5.41) is 15.8. The van der Waals surface area contributed by atoms with E-state index in [-0.39, 0.29) is 22.0 Å². The summed E-state index contributed by atoms with van der Waals surface area (Å²) in [7, 11) is 0. The molecule has 0 aromatic rings. The second-order valence-electron chi connectivity index (χ2n) is 10.2. The minimum Gasteiger partial charge on any atom is -0.478 e. The molecule has 4 bridgehead atoms. The van der Waals surface area contributed by atoms with Crippen molar-refractivity contribution in [3.63, 3.8) is 0 Å². The number of carbonyl (C=O) groups is 4. The van der Waals surface area contributed by atoms with E-state index in [1.807, 2.05) is 0 Å². The Morgan fingerprint density at radius 1 is 0.903 bits per heavy atom. The van der Waals surface area contributed by atoms with Gasteiger partial charge in [0.15, 0.2) is 0 Å². The Morgan fingerprint density at radius 3 is 1.97 bits per heavy atom. The summed E-state index contributed by atoms with van der Waals surface area (Å²) in [6.45, 7) is 9.20. The fraction of sp³-hybridized carbons (Fsp3) is 0.680. The summed E-state index contributed by atoms with van der Waals surface area (Å²) in [5.41, 5.74) is -0.121. The molecule has 5 saturated carbocycles. The SMILES string of the molecule is C=C(C)C(=O)O.C=C(C)C(=O)O.O=CC12CC(C3CCCC31)C1C3CCC(C3)C12C=O. The Bertz CT molecular complexity index is 767. The van der Waals surface area contributed by atoms with Crippen molar-refractivity contribution >= 4 is 24.5 Å². The van der Waals surface area contributed by atoms with Crippen molar-refractivity contribution in [2.24, 2.45) is 46.3 Å². The van der Waals surface area contributed by atoms with Gasteiger partial charge in [-0.25, -0.2) is 9.59 Å². The first kappa shape index (κ1) is 23.4. The highest BCUT2D eigenvalue weighted by Crippen LogP contribution is 2.82. The van der Waals surface area contributed by atoms with Gasteiger partial charge in [0.25, 0.3) is 0 Å². The van der Waals surface area contributed by atoms with Gasteiger partial charge in [0.2, 0.25) is 0 Å². The molecule has 0 aromatic carbocycles. The Morgan fingerprint density at radius 2 is 1.48 bits per heavy atom. The lowest BCUT2D eigenvalue weighted by Gasteiger charge is -2.52. The third-order valence-corrected chi connectivity index (χ3v) is 8.97. The van der Waals surface area contributed by atoms with Crippen LogP contribution in [0.1, 0.15) is 58.8 Å². The average Bonchev–Trinajstić information content (AvgIpc) is 3.51. The largest absolute Gasteiger partial charge is 0.478 e. The summed E-state index contributed by atoms with van der Waals surface area (Å²) in [4.78, 5) is 43.5. The lowest BCUT2D eigenvalue weighted by Crippen LogP contribution is -2.55. The van der Waals surface area contributed by atoms with E-state index in [1.165, 1.54) is 64.9 Å². The average molecular weight is 431 g/mol. The van der Waals surface area contributed by atoms with Crippen LogP contribution in [0.3, 0.4) is 0 Å². The maximum atomic E-state index is 12.2. The molecule has 2 N–H and O–H groups in total. The van der Waals surface area contributed by atoms with Crippen LogP contribution in [-0.2, 0) is 19.2 Å². The van der Waals surface area contributed by atoms with Crippen molar-refractivity contribution in [2.75, 3.05) is 0 Å². The number of carboxylic acid groups (broad SMARTS) is 2. The van der Waals surface area contributed by atoms with Crippen LogP contribution in [0.5, 0.6) is 0 Å². The normalized spacial score (nSPS) is 42.3. The van der Waals surface area contributed by atoms with Gasteiger partial charge in [-0.15, -0.1) is 0 Å². The van der Waals surface area contributed by atoms with E-state index in [2.05, 4.69) is 13.2 Å². The number of rotatable bonds is 4. The predicted octanol–water partition coefficient (Wildman–Crippen LogP) is 4.15. The number of carboxylic acids is 2. The molecule has 0 radical (unpaired) electrons. The molecule has 8 unspecified atom stereocenters. The zero-order valence-corrected chi connectivity index (χ0v) is 18.5. The maximum Gasteiger partial charge on any atom is 0.330 e. The van der Waals surface area contributed by atoms with E-state index in [9.17, 15) is 19.2 Å². The minimum atomic E-state index is -0.935. The zero-order valence-electron chi connectivity index (χ0n) is 18.5. The van der Waals surface area contributed by atoms with Gasteiger partial charge in [0.05, 0.1) is 0 Å². The van der Waals surface area contributed by atoms with Crippen LogP contribution in [-0.4, -0.2) is 34.7 Å². The molecule has 0 amide bonds. The predicted molar refractivity (Wildman–Crippen MR) is 115 cm³/mol. The first-order chi connectivity index (χ1) is 14.6. The van der Waals surface area contributed by atoms with Gasteiger partial charge >= 0.3 is 11.9 Å². The van der Waals surface area contributed by atoms with Gasteiger partial charge in [-0.1, -0.05) is 19.6 Å². The summed E-state index contributed by atoms with van der Waals surface area (Å²) in [6.07, 6.45) is 11.2. The minimum absolute atomic E-state index is 0.176. The van der Waals surface area contributed by atoms with Gasteiger partial charge < -0.3 is 19.8 Å². The molecular weight excluding hydrogens is 396 g/mol. The van der Waals surface area contributed by atoms with Crippen molar-refractivity contribution in [1.82, 2.24) is 0 Å². The molecule has 0 aromatic heterocycles. The van der Waals surface area contributed by atoms with E-state index in [4.69, 9.17) is 10.2 Å². The Hall–Kier alpha value is -2.24. The topological polar surface area (TPSA) is 109 Å². The van der Waals surface area contributed by atoms with Crippen molar-refractivity contribution < 1.29 is 29.4 Å². The van der Waals surface area contributed by atoms with Crippen LogP contribution < -0.4 is 0 Å². The molecule has 5 rings (SSSR count). The molecular formula is C25H34O6. The molecule has 0 aliphatic heterocycles. The van der Waals surface area contributed by atoms with E-state index >= 15 is 0 Å². The second kappa shape index (κ2) is 8.36. The number of hydrogen-bond acceptors (Lipinski definition) is 4. The van der Waals surface area contributed by atoms with Crippen molar-refractivity contribution in [2.45, 2.75) is 58.8 Å². The molecule has 5 fully saturated rings. The van der Waals surface area contributed by atoms with Crippen molar-refractivity contribution in [3.05, 3.63) is 24.3 Å². The molecule has 5 aliphatic rings. The highest BCUT2D eigenvalue weighted by molar-refractivity contribution is 5.85. The maximum absolute atomic E-state index is 12.2. The first-order valence-electron chi connectivity index (χ1n) is 11.3. The summed E-state index contributed by atoms with van der Waals surface area (Å²) in [6, 6.07) is 0. The Balaban J connectivity index is 0.000000191. The van der Waals surface area contributed by atoms with E-state index in [1.54, 1.807) is 0 Å². The highest BCUT2D eigenvalue weighted by Gasteiger charge is 2.80. The number of aliphatic carboxylic acids is 2. The highest BCUT2D eigenvalue weighted by atomic mass is 16.4. The van der Waals surface area contributed by atoms with Crippen molar-refractivity contribution in [3.8, 4) is 0 Å². The smallest absolute Gasteiger partial charge is 0.330 e. The van der Waals surface area contributed by atoms with Crippen LogP contribution in [0.2, 0.25) is 0 Å². The third kappa shape index (κ3) is 3.30. The van der Waals surface area contributed by atoms with Gasteiger partial charge in [0.1, 0.15) is 12.6 Å². The van der Waals surface area contributed by atoms with Gasteiger partial charge in [0, 0.05) is 22.0 Å². The standard InChI is InChI=1S/C17H22O2.2C4H6O2/c18-8-16-7-13(12-2-1-3-14(12)16)15-10-4-5-11(6-10)17(15,16)9-19;2*1-3(2)4(5)6/h8-15H,1-7H2;2*1H2,2H3,(H,5,6). The molecule has 31 heavy (non-hydrogen) atoms. The molecule has 5 aliphatic carbocycles. The molecule has 170 valence electrons. The van der Waals surface area contributed by atoms with Crippen LogP contribution in [0.15, 0.2) is 24.3 Å². The van der Waals surface area contributed by atoms with Crippen LogP contribution in [0.25, 0.3) is 0 Å². The molecule has 6 nitrogen and oxygen atoms in total. The summed E-state index contributed by atoms with van der Waals surface area (Å²) >= 11 is 0. The van der Waals surface area contributed by atoms with Crippen molar-refractivity contribution in [1.29, 1.82) is 0 Å². The fourth-order valence-corrected chi connectivity index (χ4v) is 8.08.